The molecular weight excluding hydrogens is 172 g/mol. The Hall–Kier alpha value is -0.760. The third-order valence-electron chi connectivity index (χ3n) is 1.72. The lowest BCUT2D eigenvalue weighted by Crippen LogP contribution is -1.84. The van der Waals surface area contributed by atoms with Gasteiger partial charge in [-0.25, -0.2) is 0 Å². The van der Waals surface area contributed by atoms with Crippen LogP contribution < -0.4 is 0 Å². The molecule has 66 valence electrons. The first-order valence-electron chi connectivity index (χ1n) is 4.00. The molecule has 2 nitrogen and oxygen atoms in total. The van der Waals surface area contributed by atoms with Crippen molar-refractivity contribution in [3.8, 4) is 0 Å². The van der Waals surface area contributed by atoms with Gasteiger partial charge in [0.1, 0.15) is 0 Å². The summed E-state index contributed by atoms with van der Waals surface area (Å²) in [5.74, 6) is 0.603. The highest BCUT2D eigenvalue weighted by molar-refractivity contribution is 6.19. The van der Waals surface area contributed by atoms with Crippen LogP contribution in [0.2, 0.25) is 0 Å². The summed E-state index contributed by atoms with van der Waals surface area (Å²) >= 11 is 5.73. The molecule has 0 atom stereocenters. The fourth-order valence-electron chi connectivity index (χ4n) is 0.986. The van der Waals surface area contributed by atoms with Crippen molar-refractivity contribution < 1.29 is 0 Å². The number of alkyl halides is 1. The van der Waals surface area contributed by atoms with Crippen LogP contribution in [0.15, 0.2) is 18.0 Å². The molecule has 0 aromatic carbocycles. The zero-order valence-electron chi connectivity index (χ0n) is 7.42. The average Bonchev–Trinajstić information content (AvgIpc) is 2.47. The Labute approximate surface area is 77.8 Å². The van der Waals surface area contributed by atoms with Gasteiger partial charge < -0.3 is 0 Å². The second-order valence-corrected chi connectivity index (χ2v) is 3.00. The third kappa shape index (κ3) is 2.38. The van der Waals surface area contributed by atoms with Crippen LogP contribution in [0.4, 0.5) is 0 Å². The number of hydrogen-bond acceptors (Lipinski definition) is 1. The number of hydrogen-bond donors (Lipinski definition) is 0. The number of rotatable bonds is 3. The van der Waals surface area contributed by atoms with Crippen LogP contribution in [-0.4, -0.2) is 15.7 Å². The second-order valence-electron chi connectivity index (χ2n) is 2.74. The molecule has 1 aromatic rings. The SMILES string of the molecule is CCC(=Cc1cnn(C)c1)CCl. The van der Waals surface area contributed by atoms with Crippen molar-refractivity contribution in [1.29, 1.82) is 0 Å². The Morgan fingerprint density at radius 2 is 2.50 bits per heavy atom. The van der Waals surface area contributed by atoms with Gasteiger partial charge in [-0.05, 0) is 6.42 Å². The summed E-state index contributed by atoms with van der Waals surface area (Å²) in [6, 6.07) is 0. The predicted octanol–water partition coefficient (Wildman–Crippen LogP) is 2.45. The molecule has 0 fully saturated rings. The molecule has 0 unspecified atom stereocenters. The van der Waals surface area contributed by atoms with Crippen molar-refractivity contribution in [1.82, 2.24) is 9.78 Å². The Morgan fingerprint density at radius 1 is 1.75 bits per heavy atom. The summed E-state index contributed by atoms with van der Waals surface area (Å²) in [6.45, 7) is 2.10. The molecule has 0 saturated carbocycles. The number of halogens is 1. The Kier molecular flexibility index (Phi) is 3.35. The van der Waals surface area contributed by atoms with Crippen LogP contribution in [-0.2, 0) is 7.05 Å². The molecule has 0 saturated heterocycles. The van der Waals surface area contributed by atoms with Crippen LogP contribution in [0, 0.1) is 0 Å². The molecule has 3 heteroatoms. The standard InChI is InChI=1S/C9H13ClN2/c1-3-8(5-10)4-9-6-11-12(2)7-9/h4,6-7H,3,5H2,1-2H3. The first-order chi connectivity index (χ1) is 5.76. The molecule has 0 amide bonds. The van der Waals surface area contributed by atoms with Gasteiger partial charge >= 0.3 is 0 Å². The first kappa shape index (κ1) is 9.33. The molecule has 0 bridgehead atoms. The topological polar surface area (TPSA) is 17.8 Å². The van der Waals surface area contributed by atoms with Crippen molar-refractivity contribution in [2.45, 2.75) is 13.3 Å². The highest BCUT2D eigenvalue weighted by Gasteiger charge is 1.94. The Balaban J connectivity index is 2.78. The normalized spacial score (nSPS) is 12.1. The molecule has 0 aliphatic heterocycles. The summed E-state index contributed by atoms with van der Waals surface area (Å²) in [5.41, 5.74) is 2.36. The van der Waals surface area contributed by atoms with Crippen LogP contribution >= 0.6 is 11.6 Å². The van der Waals surface area contributed by atoms with Crippen molar-refractivity contribution in [3.05, 3.63) is 23.5 Å². The molecule has 1 heterocycles. The Morgan fingerprint density at radius 3 is 2.92 bits per heavy atom. The molecular formula is C9H13ClN2. The van der Waals surface area contributed by atoms with Crippen molar-refractivity contribution >= 4 is 17.7 Å². The molecule has 0 radical (unpaired) electrons. The minimum absolute atomic E-state index is 0.603. The van der Waals surface area contributed by atoms with E-state index >= 15 is 0 Å². The third-order valence-corrected chi connectivity index (χ3v) is 2.06. The van der Waals surface area contributed by atoms with Crippen LogP contribution in [0.5, 0.6) is 0 Å². The van der Waals surface area contributed by atoms with Crippen molar-refractivity contribution in [3.63, 3.8) is 0 Å². The Bertz CT molecular complexity index is 270. The van der Waals surface area contributed by atoms with E-state index in [4.69, 9.17) is 11.6 Å². The quantitative estimate of drug-likeness (QED) is 0.660. The van der Waals surface area contributed by atoms with Gasteiger partial charge in [-0.15, -0.1) is 11.6 Å². The minimum atomic E-state index is 0.603. The van der Waals surface area contributed by atoms with E-state index in [9.17, 15) is 0 Å². The van der Waals surface area contributed by atoms with Crippen molar-refractivity contribution in [2.75, 3.05) is 5.88 Å². The van der Waals surface area contributed by atoms with Crippen LogP contribution in [0.25, 0.3) is 6.08 Å². The lowest BCUT2D eigenvalue weighted by molar-refractivity contribution is 0.767. The second kappa shape index (κ2) is 4.31. The van der Waals surface area contributed by atoms with E-state index in [1.165, 1.54) is 5.57 Å². The summed E-state index contributed by atoms with van der Waals surface area (Å²) < 4.78 is 1.79. The lowest BCUT2D eigenvalue weighted by atomic mass is 10.2. The van der Waals surface area contributed by atoms with E-state index in [1.54, 1.807) is 4.68 Å². The van der Waals surface area contributed by atoms with E-state index in [0.717, 1.165) is 12.0 Å². The van der Waals surface area contributed by atoms with Crippen LogP contribution in [0.1, 0.15) is 18.9 Å². The van der Waals surface area contributed by atoms with Gasteiger partial charge in [0.25, 0.3) is 0 Å². The lowest BCUT2D eigenvalue weighted by Gasteiger charge is -1.95. The van der Waals surface area contributed by atoms with E-state index in [2.05, 4.69) is 18.1 Å². The fraction of sp³-hybridized carbons (Fsp3) is 0.444. The van der Waals surface area contributed by atoms with Gasteiger partial charge in [0.05, 0.1) is 6.20 Å². The number of aromatic nitrogens is 2. The maximum absolute atomic E-state index is 5.73. The summed E-state index contributed by atoms with van der Waals surface area (Å²) in [4.78, 5) is 0. The first-order valence-corrected chi connectivity index (χ1v) is 4.53. The summed E-state index contributed by atoms with van der Waals surface area (Å²) in [6.07, 6.45) is 6.89. The van der Waals surface area contributed by atoms with Crippen molar-refractivity contribution in [2.24, 2.45) is 7.05 Å². The zero-order valence-corrected chi connectivity index (χ0v) is 8.17. The van der Waals surface area contributed by atoms with E-state index in [-0.39, 0.29) is 0 Å². The van der Waals surface area contributed by atoms with Gasteiger partial charge in [0.15, 0.2) is 0 Å². The highest BCUT2D eigenvalue weighted by atomic mass is 35.5. The number of nitrogens with zero attached hydrogens (tertiary/aromatic N) is 2. The monoisotopic (exact) mass is 184 g/mol. The number of aryl methyl sites for hydroxylation is 1. The van der Waals surface area contributed by atoms with Gasteiger partial charge in [-0.3, -0.25) is 4.68 Å². The smallest absolute Gasteiger partial charge is 0.0562 e. The van der Waals surface area contributed by atoms with Gasteiger partial charge in [0, 0.05) is 24.7 Å². The summed E-state index contributed by atoms with van der Waals surface area (Å²) in [5, 5.41) is 4.07. The highest BCUT2D eigenvalue weighted by Crippen LogP contribution is 2.09. The van der Waals surface area contributed by atoms with Gasteiger partial charge in [0.2, 0.25) is 0 Å². The van der Waals surface area contributed by atoms with Gasteiger partial charge in [-0.1, -0.05) is 18.6 Å². The van der Waals surface area contributed by atoms with Gasteiger partial charge in [-0.2, -0.15) is 5.10 Å². The summed E-state index contributed by atoms with van der Waals surface area (Å²) in [7, 11) is 1.91. The number of allylic oxidation sites excluding steroid dienone is 1. The molecule has 0 aliphatic rings. The van der Waals surface area contributed by atoms with Crippen LogP contribution in [0.3, 0.4) is 0 Å². The van der Waals surface area contributed by atoms with E-state index in [0.29, 0.717) is 5.88 Å². The molecule has 0 N–H and O–H groups in total. The van der Waals surface area contributed by atoms with E-state index in [1.807, 2.05) is 19.4 Å². The zero-order chi connectivity index (χ0) is 8.97. The molecule has 0 aliphatic carbocycles. The molecule has 1 rings (SSSR count). The minimum Gasteiger partial charge on any atom is -0.275 e. The predicted molar refractivity (Wildman–Crippen MR) is 52.2 cm³/mol. The fourth-order valence-corrected chi connectivity index (χ4v) is 1.25. The maximum atomic E-state index is 5.73. The molecule has 0 spiro atoms. The molecule has 12 heavy (non-hydrogen) atoms. The average molecular weight is 185 g/mol. The largest absolute Gasteiger partial charge is 0.275 e. The van der Waals surface area contributed by atoms with E-state index < -0.39 is 0 Å². The molecule has 1 aromatic heterocycles. The maximum Gasteiger partial charge on any atom is 0.0562 e.